The highest BCUT2D eigenvalue weighted by atomic mass is 16.5. The van der Waals surface area contributed by atoms with E-state index in [1.54, 1.807) is 0 Å². The molecule has 0 aliphatic carbocycles. The van der Waals surface area contributed by atoms with Gasteiger partial charge in [-0.05, 0) is 26.7 Å². The fourth-order valence-corrected chi connectivity index (χ4v) is 1.06. The van der Waals surface area contributed by atoms with Crippen LogP contribution in [0.3, 0.4) is 0 Å². The van der Waals surface area contributed by atoms with Crippen LogP contribution in [0.2, 0.25) is 0 Å². The second kappa shape index (κ2) is 5.64. The molecular weight excluding hydrogens is 188 g/mol. The van der Waals surface area contributed by atoms with Crippen molar-refractivity contribution in [1.29, 1.82) is 0 Å². The predicted molar refractivity (Wildman–Crippen MR) is 64.0 cm³/mol. The molecule has 0 heterocycles. The molecule has 0 rings (SSSR count). The number of carbonyl (C=O) groups excluding carboxylic acids is 1. The van der Waals surface area contributed by atoms with Gasteiger partial charge in [-0.25, -0.2) is 0 Å². The quantitative estimate of drug-likeness (QED) is 0.632. The molecular formula is C13H26O2. The molecule has 0 aromatic heterocycles. The second-order valence-electron chi connectivity index (χ2n) is 5.74. The molecule has 2 nitrogen and oxygen atoms in total. The Hall–Kier alpha value is -0.370. The molecule has 0 saturated heterocycles. The maximum absolute atomic E-state index is 11.6. The molecule has 2 heteroatoms. The summed E-state index contributed by atoms with van der Waals surface area (Å²) in [6.45, 7) is 12.9. The lowest BCUT2D eigenvalue weighted by Gasteiger charge is -2.23. The van der Waals surface area contributed by atoms with Crippen molar-refractivity contribution in [2.24, 2.45) is 5.41 Å². The van der Waals surface area contributed by atoms with Crippen LogP contribution < -0.4 is 0 Å². The van der Waals surface area contributed by atoms with E-state index in [0.29, 0.717) is 18.8 Å². The standard InChI is InChI=1S/C13H26O2/c1-7-13(5,6)15-10-8-9-11(14)12(2,3)4/h7-10H2,1-6H3. The molecule has 0 unspecified atom stereocenters. The first-order chi connectivity index (χ1) is 6.69. The Morgan fingerprint density at radius 1 is 1.13 bits per heavy atom. The average Bonchev–Trinajstić information content (AvgIpc) is 2.10. The predicted octanol–water partition coefficient (Wildman–Crippen LogP) is 3.59. The van der Waals surface area contributed by atoms with Gasteiger partial charge < -0.3 is 4.74 Å². The van der Waals surface area contributed by atoms with E-state index in [-0.39, 0.29) is 11.0 Å². The summed E-state index contributed by atoms with van der Waals surface area (Å²) in [6, 6.07) is 0. The Morgan fingerprint density at radius 3 is 2.07 bits per heavy atom. The Labute approximate surface area is 94.4 Å². The normalized spacial score (nSPS) is 12.9. The van der Waals surface area contributed by atoms with Crippen molar-refractivity contribution in [2.45, 2.75) is 66.4 Å². The van der Waals surface area contributed by atoms with Gasteiger partial charge in [-0.2, -0.15) is 0 Å². The Balaban J connectivity index is 3.69. The summed E-state index contributed by atoms with van der Waals surface area (Å²) in [5.74, 6) is 0.320. The van der Waals surface area contributed by atoms with Crippen LogP contribution in [0.1, 0.15) is 60.8 Å². The SMILES string of the molecule is CCC(C)(C)OCCCC(=O)C(C)(C)C. The molecule has 0 fully saturated rings. The van der Waals surface area contributed by atoms with Gasteiger partial charge in [0, 0.05) is 18.4 Å². The Bertz CT molecular complexity index is 199. The third-order valence-electron chi connectivity index (χ3n) is 2.73. The van der Waals surface area contributed by atoms with Crippen LogP contribution in [0.4, 0.5) is 0 Å². The van der Waals surface area contributed by atoms with Gasteiger partial charge in [0.25, 0.3) is 0 Å². The molecule has 0 atom stereocenters. The number of ether oxygens (including phenoxy) is 1. The Morgan fingerprint density at radius 2 is 1.67 bits per heavy atom. The van der Waals surface area contributed by atoms with Crippen LogP contribution in [0.25, 0.3) is 0 Å². The van der Waals surface area contributed by atoms with E-state index in [1.165, 1.54) is 0 Å². The van der Waals surface area contributed by atoms with Gasteiger partial charge in [0.2, 0.25) is 0 Å². The number of hydrogen-bond donors (Lipinski definition) is 0. The third kappa shape index (κ3) is 6.67. The van der Waals surface area contributed by atoms with Crippen molar-refractivity contribution >= 4 is 5.78 Å². The van der Waals surface area contributed by atoms with E-state index in [2.05, 4.69) is 20.8 Å². The highest BCUT2D eigenvalue weighted by Crippen LogP contribution is 2.19. The lowest BCUT2D eigenvalue weighted by Crippen LogP contribution is -2.25. The van der Waals surface area contributed by atoms with E-state index >= 15 is 0 Å². The first-order valence-electron chi connectivity index (χ1n) is 5.86. The zero-order chi connectivity index (χ0) is 12.1. The molecule has 0 aromatic rings. The summed E-state index contributed by atoms with van der Waals surface area (Å²) in [7, 11) is 0. The fraction of sp³-hybridized carbons (Fsp3) is 0.923. The molecule has 0 amide bonds. The second-order valence-corrected chi connectivity index (χ2v) is 5.74. The van der Waals surface area contributed by atoms with Gasteiger partial charge in [-0.1, -0.05) is 27.7 Å². The van der Waals surface area contributed by atoms with E-state index in [4.69, 9.17) is 4.74 Å². The van der Waals surface area contributed by atoms with Gasteiger partial charge >= 0.3 is 0 Å². The van der Waals surface area contributed by atoms with Crippen LogP contribution in [0, 0.1) is 5.41 Å². The van der Waals surface area contributed by atoms with E-state index in [1.807, 2.05) is 20.8 Å². The minimum absolute atomic E-state index is 0.0508. The van der Waals surface area contributed by atoms with Gasteiger partial charge in [0.1, 0.15) is 5.78 Å². The summed E-state index contributed by atoms with van der Waals surface area (Å²) >= 11 is 0. The van der Waals surface area contributed by atoms with Crippen molar-refractivity contribution in [1.82, 2.24) is 0 Å². The summed E-state index contributed by atoms with van der Waals surface area (Å²) < 4.78 is 5.69. The average molecular weight is 214 g/mol. The van der Waals surface area contributed by atoms with Crippen LogP contribution in [0.15, 0.2) is 0 Å². The molecule has 0 N–H and O–H groups in total. The smallest absolute Gasteiger partial charge is 0.138 e. The monoisotopic (exact) mass is 214 g/mol. The van der Waals surface area contributed by atoms with Crippen molar-refractivity contribution in [2.75, 3.05) is 6.61 Å². The summed E-state index contributed by atoms with van der Waals surface area (Å²) in [5, 5.41) is 0. The summed E-state index contributed by atoms with van der Waals surface area (Å²) in [5.41, 5.74) is -0.259. The van der Waals surface area contributed by atoms with Crippen molar-refractivity contribution in [3.8, 4) is 0 Å². The topological polar surface area (TPSA) is 26.3 Å². The third-order valence-corrected chi connectivity index (χ3v) is 2.73. The van der Waals surface area contributed by atoms with E-state index in [0.717, 1.165) is 12.8 Å². The van der Waals surface area contributed by atoms with Gasteiger partial charge in [0.05, 0.1) is 5.60 Å². The maximum atomic E-state index is 11.6. The van der Waals surface area contributed by atoms with Crippen LogP contribution in [-0.2, 0) is 9.53 Å². The molecule has 0 spiro atoms. The number of hydrogen-bond acceptors (Lipinski definition) is 2. The molecule has 0 saturated carbocycles. The first kappa shape index (κ1) is 14.6. The summed E-state index contributed by atoms with van der Waals surface area (Å²) in [6.07, 6.45) is 2.46. The van der Waals surface area contributed by atoms with Crippen LogP contribution in [0.5, 0.6) is 0 Å². The van der Waals surface area contributed by atoms with E-state index < -0.39 is 0 Å². The van der Waals surface area contributed by atoms with Gasteiger partial charge in [0.15, 0.2) is 0 Å². The number of carbonyl (C=O) groups is 1. The molecule has 15 heavy (non-hydrogen) atoms. The van der Waals surface area contributed by atoms with Crippen LogP contribution >= 0.6 is 0 Å². The fourth-order valence-electron chi connectivity index (χ4n) is 1.06. The lowest BCUT2D eigenvalue weighted by molar-refractivity contribution is -0.127. The highest BCUT2D eigenvalue weighted by molar-refractivity contribution is 5.83. The highest BCUT2D eigenvalue weighted by Gasteiger charge is 2.21. The zero-order valence-corrected chi connectivity index (χ0v) is 11.1. The number of Topliss-reactive ketones (excluding diaryl/α,β-unsaturated/α-hetero) is 1. The molecule has 0 aromatic carbocycles. The van der Waals surface area contributed by atoms with Crippen molar-refractivity contribution in [3.63, 3.8) is 0 Å². The minimum Gasteiger partial charge on any atom is -0.376 e. The largest absolute Gasteiger partial charge is 0.376 e. The molecule has 90 valence electrons. The first-order valence-corrected chi connectivity index (χ1v) is 5.86. The summed E-state index contributed by atoms with van der Waals surface area (Å²) in [4.78, 5) is 11.6. The maximum Gasteiger partial charge on any atom is 0.138 e. The van der Waals surface area contributed by atoms with Gasteiger partial charge in [-0.15, -0.1) is 0 Å². The van der Waals surface area contributed by atoms with E-state index in [9.17, 15) is 4.79 Å². The molecule has 0 aliphatic heterocycles. The lowest BCUT2D eigenvalue weighted by atomic mass is 9.88. The zero-order valence-electron chi connectivity index (χ0n) is 11.1. The Kier molecular flexibility index (Phi) is 5.50. The van der Waals surface area contributed by atoms with Crippen molar-refractivity contribution < 1.29 is 9.53 Å². The minimum atomic E-state index is -0.208. The molecule has 0 radical (unpaired) electrons. The van der Waals surface area contributed by atoms with Crippen molar-refractivity contribution in [3.05, 3.63) is 0 Å². The number of ketones is 1. The molecule has 0 bridgehead atoms. The number of rotatable bonds is 6. The molecule has 0 aliphatic rings. The van der Waals surface area contributed by atoms with Gasteiger partial charge in [-0.3, -0.25) is 4.79 Å². The van der Waals surface area contributed by atoms with Crippen LogP contribution in [-0.4, -0.2) is 18.0 Å².